The zero-order valence-electron chi connectivity index (χ0n) is 12.5. The van der Waals surface area contributed by atoms with Crippen molar-refractivity contribution in [3.05, 3.63) is 63.2 Å². The molecule has 0 saturated heterocycles. The molecule has 0 saturated carbocycles. The highest BCUT2D eigenvalue weighted by atomic mass is 79.9. The van der Waals surface area contributed by atoms with Gasteiger partial charge in [0.1, 0.15) is 18.4 Å². The van der Waals surface area contributed by atoms with E-state index in [2.05, 4.69) is 22.0 Å². The van der Waals surface area contributed by atoms with Gasteiger partial charge in [-0.05, 0) is 48.9 Å². The van der Waals surface area contributed by atoms with Crippen LogP contribution in [0.4, 0.5) is 0 Å². The number of ether oxygens (including phenoxy) is 1. The molecule has 0 unspecified atom stereocenters. The Kier molecular flexibility index (Phi) is 4.61. The first-order chi connectivity index (χ1) is 11.1. The van der Waals surface area contributed by atoms with Crippen molar-refractivity contribution in [1.82, 2.24) is 4.57 Å². The number of nitrogens with zero attached hydrogens (tertiary/aromatic N) is 2. The number of aromatic nitrogens is 1. The molecule has 0 aliphatic carbocycles. The maximum Gasteiger partial charge on any atom is 0.119 e. The lowest BCUT2D eigenvalue weighted by Gasteiger charge is -2.09. The Morgan fingerprint density at radius 2 is 2.09 bits per heavy atom. The molecule has 0 atom stereocenters. The Balaban J connectivity index is 1.77. The van der Waals surface area contributed by atoms with Gasteiger partial charge in [-0.3, -0.25) is 0 Å². The Morgan fingerprint density at radius 1 is 1.26 bits per heavy atom. The molecular weight excluding hydrogens is 376 g/mol. The molecule has 0 aliphatic rings. The maximum atomic E-state index is 9.28. The largest absolute Gasteiger partial charge is 0.492 e. The lowest BCUT2D eigenvalue weighted by Crippen LogP contribution is -2.07. The highest BCUT2D eigenvalue weighted by Gasteiger charge is 2.09. The monoisotopic (exact) mass is 388 g/mol. The van der Waals surface area contributed by atoms with Gasteiger partial charge in [0.15, 0.2) is 0 Å². The third-order valence-electron chi connectivity index (χ3n) is 3.69. The number of hydrogen-bond acceptors (Lipinski definition) is 2. The molecule has 3 aromatic rings. The summed E-state index contributed by atoms with van der Waals surface area (Å²) in [6.45, 7) is 3.14. The van der Waals surface area contributed by atoms with Crippen molar-refractivity contribution < 1.29 is 4.74 Å². The molecule has 0 bridgehead atoms. The number of hydrogen-bond donors (Lipinski definition) is 0. The smallest absolute Gasteiger partial charge is 0.119 e. The molecular formula is C18H14BrClN2O. The van der Waals surface area contributed by atoms with Gasteiger partial charge in [-0.15, -0.1) is 0 Å². The van der Waals surface area contributed by atoms with Crippen LogP contribution in [0, 0.1) is 18.3 Å². The number of aryl methyl sites for hydroxylation is 1. The summed E-state index contributed by atoms with van der Waals surface area (Å²) in [5, 5.41) is 11.0. The van der Waals surface area contributed by atoms with Crippen molar-refractivity contribution in [2.24, 2.45) is 0 Å². The second kappa shape index (κ2) is 6.66. The molecule has 23 heavy (non-hydrogen) atoms. The first-order valence-electron chi connectivity index (χ1n) is 7.16. The second-order valence-corrected chi connectivity index (χ2v) is 6.59. The van der Waals surface area contributed by atoms with Crippen molar-refractivity contribution in [3.63, 3.8) is 0 Å². The second-order valence-electron chi connectivity index (χ2n) is 5.27. The summed E-state index contributed by atoms with van der Waals surface area (Å²) in [5.74, 6) is 0.798. The molecule has 2 aromatic carbocycles. The van der Waals surface area contributed by atoms with Gasteiger partial charge in [-0.2, -0.15) is 5.26 Å². The van der Waals surface area contributed by atoms with E-state index in [1.165, 1.54) is 0 Å². The summed E-state index contributed by atoms with van der Waals surface area (Å²) >= 11 is 9.46. The third-order valence-corrected chi connectivity index (χ3v) is 4.61. The number of rotatable bonds is 4. The van der Waals surface area contributed by atoms with E-state index in [0.29, 0.717) is 18.7 Å². The Bertz CT molecular complexity index is 911. The molecule has 0 amide bonds. The number of fused-ring (bicyclic) bond motifs is 1. The van der Waals surface area contributed by atoms with Gasteiger partial charge >= 0.3 is 0 Å². The molecule has 0 aliphatic heterocycles. The Hall–Kier alpha value is -1.96. The summed E-state index contributed by atoms with van der Waals surface area (Å²) < 4.78 is 8.80. The minimum Gasteiger partial charge on any atom is -0.492 e. The van der Waals surface area contributed by atoms with Crippen LogP contribution in [0.25, 0.3) is 10.9 Å². The van der Waals surface area contributed by atoms with Crippen LogP contribution >= 0.6 is 27.5 Å². The first kappa shape index (κ1) is 15.9. The molecule has 0 N–H and O–H groups in total. The molecule has 3 rings (SSSR count). The quantitative estimate of drug-likeness (QED) is 0.606. The summed E-state index contributed by atoms with van der Waals surface area (Å²) in [4.78, 5) is 0. The molecule has 0 fully saturated rings. The van der Waals surface area contributed by atoms with E-state index in [9.17, 15) is 5.26 Å². The molecule has 1 aromatic heterocycles. The number of benzene rings is 2. The third kappa shape index (κ3) is 3.36. The normalized spacial score (nSPS) is 10.7. The van der Waals surface area contributed by atoms with E-state index in [-0.39, 0.29) is 0 Å². The molecule has 116 valence electrons. The van der Waals surface area contributed by atoms with Crippen LogP contribution in [0.1, 0.15) is 11.1 Å². The molecule has 3 nitrogen and oxygen atoms in total. The zero-order valence-corrected chi connectivity index (χ0v) is 14.9. The van der Waals surface area contributed by atoms with Crippen molar-refractivity contribution in [1.29, 1.82) is 5.26 Å². The van der Waals surface area contributed by atoms with Crippen LogP contribution in [0.2, 0.25) is 5.02 Å². The van der Waals surface area contributed by atoms with Crippen molar-refractivity contribution >= 4 is 38.4 Å². The van der Waals surface area contributed by atoms with Gasteiger partial charge < -0.3 is 9.30 Å². The van der Waals surface area contributed by atoms with Crippen LogP contribution in [-0.2, 0) is 6.54 Å². The van der Waals surface area contributed by atoms with Crippen LogP contribution < -0.4 is 4.74 Å². The Labute approximate surface area is 148 Å². The zero-order chi connectivity index (χ0) is 16.4. The van der Waals surface area contributed by atoms with Gasteiger partial charge in [-0.1, -0.05) is 27.5 Å². The van der Waals surface area contributed by atoms with Gasteiger partial charge in [0, 0.05) is 26.6 Å². The van der Waals surface area contributed by atoms with E-state index in [0.717, 1.165) is 31.7 Å². The van der Waals surface area contributed by atoms with Gasteiger partial charge in [0.25, 0.3) is 0 Å². The lowest BCUT2D eigenvalue weighted by atomic mass is 10.2. The van der Waals surface area contributed by atoms with Crippen LogP contribution in [0.15, 0.2) is 47.1 Å². The average molecular weight is 390 g/mol. The van der Waals surface area contributed by atoms with E-state index >= 15 is 0 Å². The van der Waals surface area contributed by atoms with Crippen LogP contribution in [-0.4, -0.2) is 11.2 Å². The topological polar surface area (TPSA) is 38.0 Å². The van der Waals surface area contributed by atoms with E-state index in [1.54, 1.807) is 0 Å². The van der Waals surface area contributed by atoms with Crippen molar-refractivity contribution in [2.75, 3.05) is 6.61 Å². The minimum atomic E-state index is 0.520. The Morgan fingerprint density at radius 3 is 2.83 bits per heavy atom. The molecule has 0 radical (unpaired) electrons. The summed E-state index contributed by atoms with van der Waals surface area (Å²) in [7, 11) is 0. The van der Waals surface area contributed by atoms with Crippen LogP contribution in [0.3, 0.4) is 0 Å². The summed E-state index contributed by atoms with van der Waals surface area (Å²) in [6.07, 6.45) is 1.87. The fraction of sp³-hybridized carbons (Fsp3) is 0.167. The summed E-state index contributed by atoms with van der Waals surface area (Å²) in [5.41, 5.74) is 2.69. The van der Waals surface area contributed by atoms with Crippen LogP contribution in [0.5, 0.6) is 5.75 Å². The van der Waals surface area contributed by atoms with Crippen molar-refractivity contribution in [2.45, 2.75) is 13.5 Å². The van der Waals surface area contributed by atoms with Gasteiger partial charge in [0.05, 0.1) is 12.1 Å². The average Bonchev–Trinajstić information content (AvgIpc) is 2.88. The molecule has 5 heteroatoms. The van der Waals surface area contributed by atoms with E-state index in [4.69, 9.17) is 16.3 Å². The standard InChI is InChI=1S/C18H14BrClN2O/c1-12-8-15(3-4-17(12)20)23-7-6-22-11-13(10-21)16-9-14(19)2-5-18(16)22/h2-5,8-9,11H,6-7H2,1H3. The van der Waals surface area contributed by atoms with Crippen molar-refractivity contribution in [3.8, 4) is 11.8 Å². The fourth-order valence-corrected chi connectivity index (χ4v) is 2.99. The van der Waals surface area contributed by atoms with E-state index < -0.39 is 0 Å². The number of halogens is 2. The minimum absolute atomic E-state index is 0.520. The predicted octanol–water partition coefficient (Wildman–Crippen LogP) is 5.32. The maximum absolute atomic E-state index is 9.28. The first-order valence-corrected chi connectivity index (χ1v) is 8.33. The fourth-order valence-electron chi connectivity index (χ4n) is 2.51. The highest BCUT2D eigenvalue weighted by Crippen LogP contribution is 2.25. The summed E-state index contributed by atoms with van der Waals surface area (Å²) in [6, 6.07) is 13.8. The van der Waals surface area contributed by atoms with E-state index in [1.807, 2.05) is 54.1 Å². The highest BCUT2D eigenvalue weighted by molar-refractivity contribution is 9.10. The predicted molar refractivity (Wildman–Crippen MR) is 96.0 cm³/mol. The molecule has 0 spiro atoms. The molecule has 1 heterocycles. The SMILES string of the molecule is Cc1cc(OCCn2cc(C#N)c3cc(Br)ccc32)ccc1Cl. The van der Waals surface area contributed by atoms with Gasteiger partial charge in [0.2, 0.25) is 0 Å². The lowest BCUT2D eigenvalue weighted by molar-refractivity contribution is 0.300. The number of nitriles is 1. The van der Waals surface area contributed by atoms with Gasteiger partial charge in [-0.25, -0.2) is 0 Å².